The molecule has 126 valence electrons. The summed E-state index contributed by atoms with van der Waals surface area (Å²) in [4.78, 5) is 40.5. The van der Waals surface area contributed by atoms with Gasteiger partial charge in [0.2, 0.25) is 11.8 Å². The zero-order valence-electron chi connectivity index (χ0n) is 13.3. The monoisotopic (exact) mass is 390 g/mol. The minimum atomic E-state index is -0.0463. The summed E-state index contributed by atoms with van der Waals surface area (Å²) in [7, 11) is 0. The molecule has 1 aromatic rings. The number of amides is 3. The molecule has 24 heavy (non-hydrogen) atoms. The van der Waals surface area contributed by atoms with Gasteiger partial charge in [0.05, 0.1) is 5.56 Å². The van der Waals surface area contributed by atoms with Crippen molar-refractivity contribution in [2.75, 3.05) is 0 Å². The maximum Gasteiger partial charge on any atom is 0.255 e. The largest absolute Gasteiger partial charge is 0.332 e. The number of hydrogen-bond acceptors (Lipinski definition) is 3. The molecular weight excluding hydrogens is 372 g/mol. The van der Waals surface area contributed by atoms with E-state index < -0.39 is 0 Å². The molecule has 3 atom stereocenters. The predicted molar refractivity (Wildman–Crippen MR) is 91.2 cm³/mol. The zero-order chi connectivity index (χ0) is 16.8. The van der Waals surface area contributed by atoms with Crippen molar-refractivity contribution < 1.29 is 14.4 Å². The molecule has 0 saturated carbocycles. The number of nitrogens with zero attached hydrogens (tertiary/aromatic N) is 2. The molecule has 3 aliphatic rings. The van der Waals surface area contributed by atoms with Gasteiger partial charge in [0, 0.05) is 35.4 Å². The lowest BCUT2D eigenvalue weighted by Gasteiger charge is -2.41. The minimum Gasteiger partial charge on any atom is -0.332 e. The van der Waals surface area contributed by atoms with Crippen LogP contribution >= 0.6 is 15.9 Å². The molecule has 6 heteroatoms. The fourth-order valence-corrected chi connectivity index (χ4v) is 4.92. The van der Waals surface area contributed by atoms with Crippen LogP contribution < -0.4 is 0 Å². The van der Waals surface area contributed by atoms with Gasteiger partial charge < -0.3 is 4.90 Å². The average molecular weight is 391 g/mol. The van der Waals surface area contributed by atoms with Gasteiger partial charge in [-0.25, -0.2) is 0 Å². The van der Waals surface area contributed by atoms with Gasteiger partial charge in [0.1, 0.15) is 0 Å². The van der Waals surface area contributed by atoms with Crippen molar-refractivity contribution >= 4 is 33.7 Å². The van der Waals surface area contributed by atoms with Crippen LogP contribution in [0.5, 0.6) is 0 Å². The number of likely N-dealkylation sites (tertiary alicyclic amines) is 1. The fourth-order valence-electron chi connectivity index (χ4n) is 4.47. The SMILES string of the molecule is O=C1CCC(=O)N1C1C[C@H]2CC[C@@H](C1)N2C(=O)c1ccccc1Br. The van der Waals surface area contributed by atoms with Gasteiger partial charge in [-0.15, -0.1) is 0 Å². The minimum absolute atomic E-state index is 0.0340. The summed E-state index contributed by atoms with van der Waals surface area (Å²) >= 11 is 3.46. The molecule has 0 aliphatic carbocycles. The van der Waals surface area contributed by atoms with Crippen LogP contribution in [-0.4, -0.2) is 45.6 Å². The first-order valence-corrected chi connectivity index (χ1v) is 9.27. The lowest BCUT2D eigenvalue weighted by molar-refractivity contribution is -0.142. The number of fused-ring (bicyclic) bond motifs is 2. The van der Waals surface area contributed by atoms with E-state index in [4.69, 9.17) is 0 Å². The van der Waals surface area contributed by atoms with Crippen LogP contribution in [0.25, 0.3) is 0 Å². The molecule has 1 aromatic carbocycles. The highest BCUT2D eigenvalue weighted by Crippen LogP contribution is 2.40. The van der Waals surface area contributed by atoms with Crippen LogP contribution in [0.2, 0.25) is 0 Å². The lowest BCUT2D eigenvalue weighted by atomic mass is 9.95. The highest BCUT2D eigenvalue weighted by atomic mass is 79.9. The molecule has 3 aliphatic heterocycles. The standard InChI is InChI=1S/C18H19BrN2O3/c19-15-4-2-1-3-14(15)18(24)20-11-5-6-12(20)10-13(9-11)21-16(22)7-8-17(21)23/h1-4,11-13H,5-10H2/t11-,12+,13?. The van der Waals surface area contributed by atoms with Crippen LogP contribution in [0.1, 0.15) is 48.9 Å². The normalized spacial score (nSPS) is 29.5. The highest BCUT2D eigenvalue weighted by Gasteiger charge is 2.48. The summed E-state index contributed by atoms with van der Waals surface area (Å²) in [6.07, 6.45) is 4.00. The van der Waals surface area contributed by atoms with Gasteiger partial charge in [0.15, 0.2) is 0 Å². The summed E-state index contributed by atoms with van der Waals surface area (Å²) < 4.78 is 0.807. The second kappa shape index (κ2) is 5.99. The molecule has 0 N–H and O–H groups in total. The Labute approximate surface area is 149 Å². The van der Waals surface area contributed by atoms with Crippen molar-refractivity contribution in [3.8, 4) is 0 Å². The van der Waals surface area contributed by atoms with E-state index >= 15 is 0 Å². The predicted octanol–water partition coefficient (Wildman–Crippen LogP) is 2.73. The van der Waals surface area contributed by atoms with Crippen LogP contribution in [0.3, 0.4) is 0 Å². The van der Waals surface area contributed by atoms with E-state index in [1.165, 1.54) is 4.90 Å². The molecule has 3 saturated heterocycles. The number of benzene rings is 1. The third-order valence-electron chi connectivity index (χ3n) is 5.50. The highest BCUT2D eigenvalue weighted by molar-refractivity contribution is 9.10. The number of carbonyl (C=O) groups is 3. The van der Waals surface area contributed by atoms with Crippen molar-refractivity contribution in [1.82, 2.24) is 9.80 Å². The zero-order valence-corrected chi connectivity index (χ0v) is 14.9. The first-order valence-electron chi connectivity index (χ1n) is 8.48. The van der Waals surface area contributed by atoms with Gasteiger partial charge in [-0.1, -0.05) is 12.1 Å². The maximum atomic E-state index is 13.0. The maximum absolute atomic E-state index is 13.0. The molecule has 4 rings (SSSR count). The Balaban J connectivity index is 1.55. The van der Waals surface area contributed by atoms with Gasteiger partial charge in [-0.3, -0.25) is 19.3 Å². The van der Waals surface area contributed by atoms with Gasteiger partial charge in [0.25, 0.3) is 5.91 Å². The van der Waals surface area contributed by atoms with Crippen molar-refractivity contribution in [2.45, 2.75) is 56.7 Å². The Morgan fingerprint density at radius 2 is 1.54 bits per heavy atom. The van der Waals surface area contributed by atoms with Crippen molar-refractivity contribution in [3.05, 3.63) is 34.3 Å². The molecule has 1 unspecified atom stereocenters. The van der Waals surface area contributed by atoms with Crippen molar-refractivity contribution in [2.24, 2.45) is 0 Å². The van der Waals surface area contributed by atoms with E-state index in [1.54, 1.807) is 0 Å². The smallest absolute Gasteiger partial charge is 0.255 e. The van der Waals surface area contributed by atoms with Crippen molar-refractivity contribution in [1.29, 1.82) is 0 Å². The first kappa shape index (κ1) is 15.8. The summed E-state index contributed by atoms with van der Waals surface area (Å²) in [5.74, 6) is -0.0440. The Bertz CT molecular complexity index is 690. The average Bonchev–Trinajstić information content (AvgIpc) is 3.03. The molecule has 0 radical (unpaired) electrons. The number of piperidine rings is 1. The van der Waals surface area contributed by atoms with E-state index in [9.17, 15) is 14.4 Å². The van der Waals surface area contributed by atoms with Gasteiger partial charge in [-0.05, 0) is 53.7 Å². The van der Waals surface area contributed by atoms with Crippen LogP contribution in [0, 0.1) is 0 Å². The number of rotatable bonds is 2. The summed E-state index contributed by atoms with van der Waals surface area (Å²) in [5.41, 5.74) is 0.682. The molecule has 3 amide bonds. The molecule has 5 nitrogen and oxygen atoms in total. The lowest BCUT2D eigenvalue weighted by Crippen LogP contribution is -2.53. The fraction of sp³-hybridized carbons (Fsp3) is 0.500. The van der Waals surface area contributed by atoms with Crippen LogP contribution in [-0.2, 0) is 9.59 Å². The van der Waals surface area contributed by atoms with E-state index in [1.807, 2.05) is 29.2 Å². The molecule has 3 fully saturated rings. The topological polar surface area (TPSA) is 57.7 Å². The van der Waals surface area contributed by atoms with E-state index in [0.29, 0.717) is 31.2 Å². The molecule has 0 spiro atoms. The van der Waals surface area contributed by atoms with Crippen LogP contribution in [0.4, 0.5) is 0 Å². The van der Waals surface area contributed by atoms with E-state index in [-0.39, 0.29) is 35.8 Å². The van der Waals surface area contributed by atoms with Gasteiger partial charge in [-0.2, -0.15) is 0 Å². The molecule has 0 aromatic heterocycles. The Kier molecular flexibility index (Phi) is 3.95. The summed E-state index contributed by atoms with van der Waals surface area (Å²) in [6.45, 7) is 0. The number of carbonyl (C=O) groups excluding carboxylic acids is 3. The Morgan fingerprint density at radius 3 is 2.12 bits per heavy atom. The quantitative estimate of drug-likeness (QED) is 0.729. The van der Waals surface area contributed by atoms with Gasteiger partial charge >= 0.3 is 0 Å². The second-order valence-electron chi connectivity index (χ2n) is 6.86. The van der Waals surface area contributed by atoms with Crippen molar-refractivity contribution in [3.63, 3.8) is 0 Å². The molecule has 2 bridgehead atoms. The number of hydrogen-bond donors (Lipinski definition) is 0. The Hall–Kier alpha value is -1.69. The second-order valence-corrected chi connectivity index (χ2v) is 7.71. The molecule has 3 heterocycles. The molecular formula is C18H19BrN2O3. The van der Waals surface area contributed by atoms with E-state index in [2.05, 4.69) is 15.9 Å². The summed E-state index contributed by atoms with van der Waals surface area (Å²) in [6, 6.07) is 7.69. The first-order chi connectivity index (χ1) is 11.6. The van der Waals surface area contributed by atoms with Crippen LogP contribution in [0.15, 0.2) is 28.7 Å². The number of halogens is 1. The number of imide groups is 1. The Morgan fingerprint density at radius 1 is 0.958 bits per heavy atom. The summed E-state index contributed by atoms with van der Waals surface area (Å²) in [5, 5.41) is 0. The van der Waals surface area contributed by atoms with E-state index in [0.717, 1.165) is 17.3 Å². The third-order valence-corrected chi connectivity index (χ3v) is 6.19. The third kappa shape index (κ3) is 2.48.